The Balaban J connectivity index is 2.02. The lowest BCUT2D eigenvalue weighted by atomic mass is 10.1. The zero-order chi connectivity index (χ0) is 27.9. The molecule has 10 heteroatoms. The normalized spacial score (nSPS) is 11.9. The van der Waals surface area contributed by atoms with E-state index in [4.69, 9.17) is 4.74 Å². The van der Waals surface area contributed by atoms with E-state index in [-0.39, 0.29) is 17.3 Å². The van der Waals surface area contributed by atoms with Crippen molar-refractivity contribution in [2.75, 3.05) is 24.5 Å². The van der Waals surface area contributed by atoms with Crippen LogP contribution in [0.25, 0.3) is 0 Å². The number of ether oxygens (including phenoxy) is 1. The molecule has 3 rings (SSSR count). The van der Waals surface area contributed by atoms with Crippen LogP contribution in [0.1, 0.15) is 25.0 Å². The van der Waals surface area contributed by atoms with Crippen molar-refractivity contribution >= 4 is 43.5 Å². The van der Waals surface area contributed by atoms with Crippen molar-refractivity contribution in [3.63, 3.8) is 0 Å². The molecule has 2 amide bonds. The van der Waals surface area contributed by atoms with Crippen LogP contribution in [0.3, 0.4) is 0 Å². The van der Waals surface area contributed by atoms with Crippen LogP contribution in [0.15, 0.2) is 82.2 Å². The standard InChI is InChI=1S/C28H32BrN3O5S/c1-5-30-28(34)21(3)31(18-22-7-6-8-25(17-22)37-4)27(33)19-32(24-13-11-23(29)12-14-24)38(35,36)26-15-9-20(2)10-16-26/h6-17,21H,5,18-19H2,1-4H3,(H,30,34)/t21-/m1/s1. The maximum Gasteiger partial charge on any atom is 0.264 e. The first kappa shape index (κ1) is 29.2. The molecule has 0 saturated heterocycles. The average Bonchev–Trinajstić information content (AvgIpc) is 2.91. The highest BCUT2D eigenvalue weighted by atomic mass is 79.9. The number of nitrogens with zero attached hydrogens (tertiary/aromatic N) is 2. The van der Waals surface area contributed by atoms with Gasteiger partial charge in [0.05, 0.1) is 17.7 Å². The third-order valence-corrected chi connectivity index (χ3v) is 8.32. The number of likely N-dealkylation sites (N-methyl/N-ethyl adjacent to an activating group) is 1. The number of carbonyl (C=O) groups excluding carboxylic acids is 2. The molecule has 0 saturated carbocycles. The smallest absolute Gasteiger partial charge is 0.264 e. The monoisotopic (exact) mass is 601 g/mol. The van der Waals surface area contributed by atoms with Crippen molar-refractivity contribution in [3.8, 4) is 5.75 Å². The van der Waals surface area contributed by atoms with Crippen LogP contribution >= 0.6 is 15.9 Å². The Morgan fingerprint density at radius 2 is 1.68 bits per heavy atom. The maximum atomic E-state index is 13.8. The molecular formula is C28H32BrN3O5S. The predicted molar refractivity (Wildman–Crippen MR) is 152 cm³/mol. The van der Waals surface area contributed by atoms with Gasteiger partial charge in [-0.05, 0) is 74.9 Å². The van der Waals surface area contributed by atoms with Gasteiger partial charge in [-0.25, -0.2) is 8.42 Å². The van der Waals surface area contributed by atoms with Gasteiger partial charge in [-0.1, -0.05) is 45.8 Å². The van der Waals surface area contributed by atoms with E-state index >= 15 is 0 Å². The number of carbonyl (C=O) groups is 2. The Kier molecular flexibility index (Phi) is 9.93. The van der Waals surface area contributed by atoms with Gasteiger partial charge in [-0.15, -0.1) is 0 Å². The predicted octanol–water partition coefficient (Wildman–Crippen LogP) is 4.51. The van der Waals surface area contributed by atoms with Crippen LogP contribution in [0.4, 0.5) is 5.69 Å². The first-order valence-corrected chi connectivity index (χ1v) is 14.3. The number of sulfonamides is 1. The van der Waals surface area contributed by atoms with Crippen molar-refractivity contribution in [1.82, 2.24) is 10.2 Å². The van der Waals surface area contributed by atoms with Crippen LogP contribution < -0.4 is 14.4 Å². The van der Waals surface area contributed by atoms with Gasteiger partial charge in [0.1, 0.15) is 18.3 Å². The van der Waals surface area contributed by atoms with E-state index in [0.717, 1.165) is 19.9 Å². The van der Waals surface area contributed by atoms with E-state index in [9.17, 15) is 18.0 Å². The SMILES string of the molecule is CCNC(=O)[C@@H](C)N(Cc1cccc(OC)c1)C(=O)CN(c1ccc(Br)cc1)S(=O)(=O)c1ccc(C)cc1. The minimum absolute atomic E-state index is 0.0648. The lowest BCUT2D eigenvalue weighted by Crippen LogP contribution is -2.51. The topological polar surface area (TPSA) is 96.0 Å². The minimum Gasteiger partial charge on any atom is -0.497 e. The van der Waals surface area contributed by atoms with Gasteiger partial charge in [-0.3, -0.25) is 13.9 Å². The number of benzene rings is 3. The fourth-order valence-electron chi connectivity index (χ4n) is 3.85. The van der Waals surface area contributed by atoms with E-state index in [2.05, 4.69) is 21.2 Å². The van der Waals surface area contributed by atoms with Crippen LogP contribution in [0.2, 0.25) is 0 Å². The summed E-state index contributed by atoms with van der Waals surface area (Å²) in [5, 5.41) is 2.75. The number of rotatable bonds is 11. The Labute approximate surface area is 232 Å². The summed E-state index contributed by atoms with van der Waals surface area (Å²) in [6, 6.07) is 19.5. The maximum absolute atomic E-state index is 13.8. The quantitative estimate of drug-likeness (QED) is 0.349. The Hall–Kier alpha value is -3.37. The van der Waals surface area contributed by atoms with E-state index in [1.54, 1.807) is 75.6 Å². The van der Waals surface area contributed by atoms with Gasteiger partial charge >= 0.3 is 0 Å². The van der Waals surface area contributed by atoms with Crippen LogP contribution in [0.5, 0.6) is 5.75 Å². The van der Waals surface area contributed by atoms with Gasteiger partial charge in [-0.2, -0.15) is 0 Å². The van der Waals surface area contributed by atoms with Crippen molar-refractivity contribution in [3.05, 3.63) is 88.4 Å². The van der Waals surface area contributed by atoms with Gasteiger partial charge in [0, 0.05) is 17.6 Å². The van der Waals surface area contributed by atoms with E-state index < -0.39 is 28.5 Å². The molecule has 38 heavy (non-hydrogen) atoms. The molecule has 8 nitrogen and oxygen atoms in total. The first-order valence-electron chi connectivity index (χ1n) is 12.1. The number of halogens is 1. The molecule has 0 aliphatic heterocycles. The summed E-state index contributed by atoms with van der Waals surface area (Å²) in [6.07, 6.45) is 0. The number of anilines is 1. The summed E-state index contributed by atoms with van der Waals surface area (Å²) < 4.78 is 34.7. The number of aryl methyl sites for hydroxylation is 1. The first-order chi connectivity index (χ1) is 18.1. The molecule has 0 aliphatic rings. The summed E-state index contributed by atoms with van der Waals surface area (Å²) >= 11 is 3.37. The average molecular weight is 603 g/mol. The molecule has 0 spiro atoms. The second kappa shape index (κ2) is 12.9. The molecule has 3 aromatic carbocycles. The van der Waals surface area contributed by atoms with Crippen molar-refractivity contribution in [2.24, 2.45) is 0 Å². The molecule has 0 unspecified atom stereocenters. The molecule has 0 heterocycles. The largest absolute Gasteiger partial charge is 0.497 e. The number of methoxy groups -OCH3 is 1. The summed E-state index contributed by atoms with van der Waals surface area (Å²) in [5.41, 5.74) is 1.98. The van der Waals surface area contributed by atoms with Gasteiger partial charge in [0.2, 0.25) is 11.8 Å². The lowest BCUT2D eigenvalue weighted by Gasteiger charge is -2.32. The highest BCUT2D eigenvalue weighted by Gasteiger charge is 2.32. The molecule has 0 radical (unpaired) electrons. The molecule has 1 N–H and O–H groups in total. The van der Waals surface area contributed by atoms with Gasteiger partial charge < -0.3 is 15.0 Å². The number of nitrogens with one attached hydrogen (secondary N) is 1. The van der Waals surface area contributed by atoms with E-state index in [0.29, 0.717) is 18.0 Å². The fourth-order valence-corrected chi connectivity index (χ4v) is 5.52. The highest BCUT2D eigenvalue weighted by molar-refractivity contribution is 9.10. The molecule has 0 aliphatic carbocycles. The summed E-state index contributed by atoms with van der Waals surface area (Å²) in [5.74, 6) is -0.246. The summed E-state index contributed by atoms with van der Waals surface area (Å²) in [7, 11) is -2.56. The van der Waals surface area contributed by atoms with Crippen molar-refractivity contribution < 1.29 is 22.7 Å². The van der Waals surface area contributed by atoms with Crippen molar-refractivity contribution in [1.29, 1.82) is 0 Å². The highest BCUT2D eigenvalue weighted by Crippen LogP contribution is 2.26. The van der Waals surface area contributed by atoms with Crippen LogP contribution in [0, 0.1) is 6.92 Å². The Morgan fingerprint density at radius 1 is 1.03 bits per heavy atom. The third kappa shape index (κ3) is 7.14. The van der Waals surface area contributed by atoms with E-state index in [1.807, 2.05) is 13.0 Å². The second-order valence-electron chi connectivity index (χ2n) is 8.74. The minimum atomic E-state index is -4.10. The van der Waals surface area contributed by atoms with Crippen molar-refractivity contribution in [2.45, 2.75) is 38.3 Å². The Morgan fingerprint density at radius 3 is 2.29 bits per heavy atom. The number of hydrogen-bond donors (Lipinski definition) is 1. The molecule has 0 bridgehead atoms. The van der Waals surface area contributed by atoms with Gasteiger partial charge in [0.25, 0.3) is 10.0 Å². The zero-order valence-corrected chi connectivity index (χ0v) is 24.3. The molecule has 3 aromatic rings. The van der Waals surface area contributed by atoms with E-state index in [1.165, 1.54) is 17.0 Å². The summed E-state index contributed by atoms with van der Waals surface area (Å²) in [6.45, 7) is 5.28. The molecular weight excluding hydrogens is 570 g/mol. The summed E-state index contributed by atoms with van der Waals surface area (Å²) in [4.78, 5) is 28.1. The zero-order valence-electron chi connectivity index (χ0n) is 21.8. The molecule has 0 fully saturated rings. The number of amides is 2. The molecule has 202 valence electrons. The fraction of sp³-hybridized carbons (Fsp3) is 0.286. The van der Waals surface area contributed by atoms with Crippen LogP contribution in [-0.4, -0.2) is 51.4 Å². The Bertz CT molecular complexity index is 1360. The molecule has 1 atom stereocenters. The number of hydrogen-bond acceptors (Lipinski definition) is 5. The molecule has 0 aromatic heterocycles. The second-order valence-corrected chi connectivity index (χ2v) is 11.5. The van der Waals surface area contributed by atoms with Crippen LogP contribution in [-0.2, 0) is 26.2 Å². The van der Waals surface area contributed by atoms with Gasteiger partial charge in [0.15, 0.2) is 0 Å². The third-order valence-electron chi connectivity index (χ3n) is 6.01. The lowest BCUT2D eigenvalue weighted by molar-refractivity contribution is -0.139.